The summed E-state index contributed by atoms with van der Waals surface area (Å²) in [5.74, 6) is 0. The van der Waals surface area contributed by atoms with E-state index in [9.17, 15) is 0 Å². The van der Waals surface area contributed by atoms with Crippen LogP contribution in [0, 0.1) is 0 Å². The lowest BCUT2D eigenvalue weighted by Gasteiger charge is -2.00. The molecule has 5 nitrogen and oxygen atoms in total. The molecule has 0 radical (unpaired) electrons. The molecule has 0 aromatic carbocycles. The third kappa shape index (κ3) is 5.23. The molecule has 5 heteroatoms. The molecule has 0 amide bonds. The van der Waals surface area contributed by atoms with Crippen molar-refractivity contribution < 1.29 is 4.74 Å². The van der Waals surface area contributed by atoms with Crippen molar-refractivity contribution in [2.24, 2.45) is 0 Å². The van der Waals surface area contributed by atoms with Crippen LogP contribution in [0.2, 0.25) is 0 Å². The van der Waals surface area contributed by atoms with Gasteiger partial charge in [-0.25, -0.2) is 0 Å². The van der Waals surface area contributed by atoms with Gasteiger partial charge in [0.25, 0.3) is 0 Å². The summed E-state index contributed by atoms with van der Waals surface area (Å²) in [6.07, 6.45) is 4.12. The van der Waals surface area contributed by atoms with Crippen LogP contribution in [0.15, 0.2) is 6.20 Å². The predicted octanol–water partition coefficient (Wildman–Crippen LogP) is 1.20. The van der Waals surface area contributed by atoms with E-state index in [2.05, 4.69) is 22.6 Å². The lowest BCUT2D eigenvalue weighted by Crippen LogP contribution is -2.13. The highest BCUT2D eigenvalue weighted by atomic mass is 16.5. The van der Waals surface area contributed by atoms with E-state index in [1.54, 1.807) is 0 Å². The molecular formula is C11H22N4O. The third-order valence-electron chi connectivity index (χ3n) is 2.20. The fourth-order valence-corrected chi connectivity index (χ4v) is 1.39. The smallest absolute Gasteiger partial charge is 0.0964 e. The number of aromatic nitrogens is 3. The molecule has 0 aliphatic rings. The standard InChI is InChI=1S/C11H22N4O/c1-3-6-12-9-11-10-15(14-13-11)7-5-8-16-4-2/h10,12H,3-9H2,1-2H3. The summed E-state index contributed by atoms with van der Waals surface area (Å²) < 4.78 is 7.14. The van der Waals surface area contributed by atoms with Crippen LogP contribution in [0.1, 0.15) is 32.4 Å². The van der Waals surface area contributed by atoms with Gasteiger partial charge in [0, 0.05) is 32.5 Å². The zero-order valence-electron chi connectivity index (χ0n) is 10.3. The fraction of sp³-hybridized carbons (Fsp3) is 0.818. The van der Waals surface area contributed by atoms with Crippen LogP contribution in [0.25, 0.3) is 0 Å². The minimum Gasteiger partial charge on any atom is -0.382 e. The molecule has 1 aromatic heterocycles. The Kier molecular flexibility index (Phi) is 6.76. The van der Waals surface area contributed by atoms with Crippen molar-refractivity contribution in [2.75, 3.05) is 19.8 Å². The lowest BCUT2D eigenvalue weighted by molar-refractivity contribution is 0.140. The molecule has 1 aromatic rings. The molecule has 0 aliphatic heterocycles. The van der Waals surface area contributed by atoms with E-state index in [0.717, 1.165) is 51.4 Å². The lowest BCUT2D eigenvalue weighted by atomic mass is 10.4. The summed E-state index contributed by atoms with van der Waals surface area (Å²) in [5, 5.41) is 11.5. The highest BCUT2D eigenvalue weighted by molar-refractivity contribution is 4.91. The minimum atomic E-state index is 0.781. The molecule has 0 unspecified atom stereocenters. The second-order valence-electron chi connectivity index (χ2n) is 3.70. The maximum Gasteiger partial charge on any atom is 0.0964 e. The Labute approximate surface area is 97.2 Å². The van der Waals surface area contributed by atoms with Gasteiger partial charge >= 0.3 is 0 Å². The molecule has 16 heavy (non-hydrogen) atoms. The number of ether oxygens (including phenoxy) is 1. The molecular weight excluding hydrogens is 204 g/mol. The monoisotopic (exact) mass is 226 g/mol. The molecule has 0 aliphatic carbocycles. The summed E-state index contributed by atoms with van der Waals surface area (Å²) in [6.45, 7) is 8.44. The van der Waals surface area contributed by atoms with E-state index < -0.39 is 0 Å². The van der Waals surface area contributed by atoms with Crippen LogP contribution in [0.3, 0.4) is 0 Å². The maximum atomic E-state index is 5.27. The van der Waals surface area contributed by atoms with Gasteiger partial charge in [-0.1, -0.05) is 12.1 Å². The van der Waals surface area contributed by atoms with Crippen LogP contribution in [-0.4, -0.2) is 34.8 Å². The highest BCUT2D eigenvalue weighted by Crippen LogP contribution is 1.95. The van der Waals surface area contributed by atoms with Gasteiger partial charge in [-0.3, -0.25) is 4.68 Å². The number of hydrogen-bond acceptors (Lipinski definition) is 4. The van der Waals surface area contributed by atoms with Crippen LogP contribution in [0.5, 0.6) is 0 Å². The predicted molar refractivity (Wildman–Crippen MR) is 63.1 cm³/mol. The average Bonchev–Trinajstić information content (AvgIpc) is 2.73. The van der Waals surface area contributed by atoms with Crippen LogP contribution < -0.4 is 5.32 Å². The van der Waals surface area contributed by atoms with Crippen molar-refractivity contribution in [3.63, 3.8) is 0 Å². The normalized spacial score (nSPS) is 10.9. The quantitative estimate of drug-likeness (QED) is 0.643. The first-order valence-corrected chi connectivity index (χ1v) is 6.04. The Morgan fingerprint density at radius 3 is 3.06 bits per heavy atom. The van der Waals surface area contributed by atoms with Gasteiger partial charge < -0.3 is 10.1 Å². The summed E-state index contributed by atoms with van der Waals surface area (Å²) in [5.41, 5.74) is 1.00. The summed E-state index contributed by atoms with van der Waals surface area (Å²) >= 11 is 0. The topological polar surface area (TPSA) is 52.0 Å². The van der Waals surface area contributed by atoms with Crippen molar-refractivity contribution in [2.45, 2.75) is 39.8 Å². The van der Waals surface area contributed by atoms with E-state index in [1.165, 1.54) is 0 Å². The van der Waals surface area contributed by atoms with E-state index in [-0.39, 0.29) is 0 Å². The fourth-order valence-electron chi connectivity index (χ4n) is 1.39. The number of rotatable bonds is 9. The molecule has 1 N–H and O–H groups in total. The van der Waals surface area contributed by atoms with Crippen LogP contribution in [0.4, 0.5) is 0 Å². The number of aryl methyl sites for hydroxylation is 1. The van der Waals surface area contributed by atoms with Crippen molar-refractivity contribution in [1.82, 2.24) is 20.3 Å². The SMILES string of the molecule is CCCNCc1cn(CCCOCC)nn1. The molecule has 0 atom stereocenters. The summed E-state index contributed by atoms with van der Waals surface area (Å²) in [6, 6.07) is 0. The molecule has 0 spiro atoms. The minimum absolute atomic E-state index is 0.781. The molecule has 0 saturated heterocycles. The molecule has 0 saturated carbocycles. The number of hydrogen-bond donors (Lipinski definition) is 1. The summed E-state index contributed by atoms with van der Waals surface area (Å²) in [4.78, 5) is 0. The Hall–Kier alpha value is -0.940. The number of nitrogens with one attached hydrogen (secondary N) is 1. The van der Waals surface area contributed by atoms with Gasteiger partial charge in [-0.2, -0.15) is 0 Å². The van der Waals surface area contributed by atoms with Crippen molar-refractivity contribution in [1.29, 1.82) is 0 Å². The summed E-state index contributed by atoms with van der Waals surface area (Å²) in [7, 11) is 0. The average molecular weight is 226 g/mol. The van der Waals surface area contributed by atoms with E-state index in [1.807, 2.05) is 17.8 Å². The Morgan fingerprint density at radius 1 is 1.44 bits per heavy atom. The van der Waals surface area contributed by atoms with Crippen molar-refractivity contribution in [3.05, 3.63) is 11.9 Å². The first kappa shape index (κ1) is 13.1. The zero-order chi connectivity index (χ0) is 11.6. The largest absolute Gasteiger partial charge is 0.382 e. The van der Waals surface area contributed by atoms with Crippen molar-refractivity contribution >= 4 is 0 Å². The third-order valence-corrected chi connectivity index (χ3v) is 2.20. The Morgan fingerprint density at radius 2 is 2.31 bits per heavy atom. The first-order valence-electron chi connectivity index (χ1n) is 6.04. The molecule has 1 rings (SSSR count). The molecule has 92 valence electrons. The second-order valence-corrected chi connectivity index (χ2v) is 3.70. The highest BCUT2D eigenvalue weighted by Gasteiger charge is 1.99. The van der Waals surface area contributed by atoms with Crippen LogP contribution >= 0.6 is 0 Å². The Balaban J connectivity index is 2.17. The van der Waals surface area contributed by atoms with Crippen LogP contribution in [-0.2, 0) is 17.8 Å². The van der Waals surface area contributed by atoms with E-state index in [0.29, 0.717) is 0 Å². The van der Waals surface area contributed by atoms with Gasteiger partial charge in [0.1, 0.15) is 0 Å². The molecule has 1 heterocycles. The van der Waals surface area contributed by atoms with Gasteiger partial charge in [-0.15, -0.1) is 5.10 Å². The Bertz CT molecular complexity index is 275. The van der Waals surface area contributed by atoms with Crippen molar-refractivity contribution in [3.8, 4) is 0 Å². The molecule has 0 fully saturated rings. The van der Waals surface area contributed by atoms with Gasteiger partial charge in [0.2, 0.25) is 0 Å². The zero-order valence-corrected chi connectivity index (χ0v) is 10.3. The van der Waals surface area contributed by atoms with Gasteiger partial charge in [-0.05, 0) is 26.3 Å². The van der Waals surface area contributed by atoms with Gasteiger partial charge in [0.15, 0.2) is 0 Å². The van der Waals surface area contributed by atoms with E-state index >= 15 is 0 Å². The number of nitrogens with zero attached hydrogens (tertiary/aromatic N) is 3. The van der Waals surface area contributed by atoms with Gasteiger partial charge in [0.05, 0.1) is 5.69 Å². The maximum absolute atomic E-state index is 5.27. The first-order chi connectivity index (χ1) is 7.86. The second kappa shape index (κ2) is 8.24. The molecule has 0 bridgehead atoms. The van der Waals surface area contributed by atoms with E-state index in [4.69, 9.17) is 4.74 Å².